The van der Waals surface area contributed by atoms with E-state index in [0.29, 0.717) is 6.61 Å². The third-order valence-electron chi connectivity index (χ3n) is 3.82. The number of nitrogens with one attached hydrogen (secondary N) is 1. The first-order chi connectivity index (χ1) is 13.2. The van der Waals surface area contributed by atoms with Crippen molar-refractivity contribution in [2.24, 2.45) is 5.10 Å². The predicted octanol–water partition coefficient (Wildman–Crippen LogP) is 4.72. The van der Waals surface area contributed by atoms with E-state index in [1.807, 2.05) is 68.9 Å². The van der Waals surface area contributed by atoms with Crippen LogP contribution in [0.4, 0.5) is 5.13 Å². The summed E-state index contributed by atoms with van der Waals surface area (Å²) in [6.07, 6.45) is 1.80. The first-order valence-corrected chi connectivity index (χ1v) is 9.74. The van der Waals surface area contributed by atoms with E-state index in [0.717, 1.165) is 39.8 Å². The molecule has 0 atom stereocenters. The Morgan fingerprint density at radius 3 is 2.74 bits per heavy atom. The minimum absolute atomic E-state index is 0.656. The molecule has 0 aliphatic carbocycles. The first kappa shape index (κ1) is 19.1. The van der Waals surface area contributed by atoms with Crippen LogP contribution in [0, 0.1) is 0 Å². The number of thiazole rings is 1. The Morgan fingerprint density at radius 1 is 1.19 bits per heavy atom. The number of rotatable bonds is 8. The van der Waals surface area contributed by atoms with E-state index < -0.39 is 0 Å². The molecule has 1 N–H and O–H groups in total. The Balaban J connectivity index is 1.68. The Labute approximate surface area is 164 Å². The number of benzene rings is 2. The highest BCUT2D eigenvalue weighted by Crippen LogP contribution is 2.25. The number of anilines is 1. The lowest BCUT2D eigenvalue weighted by molar-refractivity contribution is 0.325. The minimum Gasteiger partial charge on any atom is -0.494 e. The smallest absolute Gasteiger partial charge is 0.203 e. The summed E-state index contributed by atoms with van der Waals surface area (Å²) >= 11 is 1.54. The largest absolute Gasteiger partial charge is 0.494 e. The standard InChI is InChI=1S/C21H24N4OS/c1-4-26-20-11-10-16(12-18(20)14-25(2)3)13-22-24-21-23-19(15-27-21)17-8-6-5-7-9-17/h5-13,15H,4,14H2,1-3H3,(H,23,24). The topological polar surface area (TPSA) is 49.8 Å². The average Bonchev–Trinajstić information content (AvgIpc) is 3.13. The van der Waals surface area contributed by atoms with Crippen molar-refractivity contribution < 1.29 is 4.74 Å². The summed E-state index contributed by atoms with van der Waals surface area (Å²) in [5.74, 6) is 0.920. The zero-order valence-electron chi connectivity index (χ0n) is 15.8. The Bertz CT molecular complexity index is 890. The Kier molecular flexibility index (Phi) is 6.57. The summed E-state index contributed by atoms with van der Waals surface area (Å²) in [7, 11) is 4.09. The van der Waals surface area contributed by atoms with E-state index in [4.69, 9.17) is 4.74 Å². The van der Waals surface area contributed by atoms with Crippen molar-refractivity contribution in [1.29, 1.82) is 0 Å². The molecule has 3 rings (SSSR count). The van der Waals surface area contributed by atoms with Crippen LogP contribution >= 0.6 is 11.3 Å². The van der Waals surface area contributed by atoms with Crippen molar-refractivity contribution in [3.8, 4) is 17.0 Å². The molecule has 0 spiro atoms. The highest BCUT2D eigenvalue weighted by atomic mass is 32.1. The summed E-state index contributed by atoms with van der Waals surface area (Å²) in [4.78, 5) is 6.70. The minimum atomic E-state index is 0.656. The molecule has 1 heterocycles. The molecule has 0 saturated carbocycles. The van der Waals surface area contributed by atoms with Gasteiger partial charge in [0, 0.05) is 23.1 Å². The van der Waals surface area contributed by atoms with E-state index in [1.54, 1.807) is 6.21 Å². The van der Waals surface area contributed by atoms with Crippen molar-refractivity contribution in [3.63, 3.8) is 0 Å². The van der Waals surface area contributed by atoms with Gasteiger partial charge in [0.2, 0.25) is 5.13 Å². The summed E-state index contributed by atoms with van der Waals surface area (Å²) in [5, 5.41) is 7.13. The molecule has 6 heteroatoms. The number of hydrogen-bond donors (Lipinski definition) is 1. The second kappa shape index (κ2) is 9.30. The number of nitrogens with zero attached hydrogens (tertiary/aromatic N) is 3. The molecule has 2 aromatic carbocycles. The molecule has 0 fully saturated rings. The molecular weight excluding hydrogens is 356 g/mol. The monoisotopic (exact) mass is 380 g/mol. The van der Waals surface area contributed by atoms with Gasteiger partial charge in [-0.1, -0.05) is 30.3 Å². The van der Waals surface area contributed by atoms with Gasteiger partial charge in [-0.3, -0.25) is 5.43 Å². The molecular formula is C21H24N4OS. The van der Waals surface area contributed by atoms with Gasteiger partial charge in [-0.05, 0) is 44.8 Å². The maximum absolute atomic E-state index is 5.72. The van der Waals surface area contributed by atoms with Gasteiger partial charge in [0.25, 0.3) is 0 Å². The van der Waals surface area contributed by atoms with E-state index in [9.17, 15) is 0 Å². The lowest BCUT2D eigenvalue weighted by atomic mass is 10.1. The van der Waals surface area contributed by atoms with Crippen molar-refractivity contribution in [2.45, 2.75) is 13.5 Å². The molecule has 0 saturated heterocycles. The number of hydrogen-bond acceptors (Lipinski definition) is 6. The predicted molar refractivity (Wildman–Crippen MR) is 114 cm³/mol. The second-order valence-electron chi connectivity index (χ2n) is 6.31. The van der Waals surface area contributed by atoms with Crippen molar-refractivity contribution in [3.05, 3.63) is 65.0 Å². The molecule has 27 heavy (non-hydrogen) atoms. The fourth-order valence-electron chi connectivity index (χ4n) is 2.67. The zero-order valence-corrected chi connectivity index (χ0v) is 16.7. The number of ether oxygens (including phenoxy) is 1. The third kappa shape index (κ3) is 5.39. The maximum Gasteiger partial charge on any atom is 0.203 e. The van der Waals surface area contributed by atoms with Crippen LogP contribution < -0.4 is 10.2 Å². The van der Waals surface area contributed by atoms with Gasteiger partial charge in [-0.2, -0.15) is 5.10 Å². The van der Waals surface area contributed by atoms with Gasteiger partial charge in [0.05, 0.1) is 18.5 Å². The normalized spacial score (nSPS) is 11.3. The van der Waals surface area contributed by atoms with E-state index in [2.05, 4.69) is 26.5 Å². The molecule has 0 aliphatic rings. The molecule has 1 aromatic heterocycles. The van der Waals surface area contributed by atoms with Crippen LogP contribution in [0.5, 0.6) is 5.75 Å². The quantitative estimate of drug-likeness (QED) is 0.454. The summed E-state index contributed by atoms with van der Waals surface area (Å²) in [5.41, 5.74) is 7.23. The Morgan fingerprint density at radius 2 is 2.00 bits per heavy atom. The van der Waals surface area contributed by atoms with Crippen LogP contribution in [0.1, 0.15) is 18.1 Å². The van der Waals surface area contributed by atoms with Crippen molar-refractivity contribution in [2.75, 3.05) is 26.1 Å². The fourth-order valence-corrected chi connectivity index (χ4v) is 3.34. The highest BCUT2D eigenvalue weighted by Gasteiger charge is 2.06. The van der Waals surface area contributed by atoms with Gasteiger partial charge in [0.15, 0.2) is 0 Å². The molecule has 0 bridgehead atoms. The van der Waals surface area contributed by atoms with Gasteiger partial charge in [-0.25, -0.2) is 4.98 Å². The molecule has 0 aliphatic heterocycles. The zero-order chi connectivity index (χ0) is 19.1. The second-order valence-corrected chi connectivity index (χ2v) is 7.17. The van der Waals surface area contributed by atoms with Gasteiger partial charge in [0.1, 0.15) is 5.75 Å². The molecule has 140 valence electrons. The SMILES string of the molecule is CCOc1ccc(C=NNc2nc(-c3ccccc3)cs2)cc1CN(C)C. The number of hydrazone groups is 1. The molecule has 3 aromatic rings. The summed E-state index contributed by atoms with van der Waals surface area (Å²) < 4.78 is 5.72. The fraction of sp³-hybridized carbons (Fsp3) is 0.238. The lowest BCUT2D eigenvalue weighted by Crippen LogP contribution is -2.12. The summed E-state index contributed by atoms with van der Waals surface area (Å²) in [6.45, 7) is 3.47. The van der Waals surface area contributed by atoms with Gasteiger partial charge in [-0.15, -0.1) is 11.3 Å². The molecule has 0 amide bonds. The van der Waals surface area contributed by atoms with Crippen LogP contribution in [0.15, 0.2) is 59.0 Å². The van der Waals surface area contributed by atoms with Crippen LogP contribution in [-0.2, 0) is 6.54 Å². The van der Waals surface area contributed by atoms with E-state index in [1.165, 1.54) is 11.3 Å². The van der Waals surface area contributed by atoms with Gasteiger partial charge >= 0.3 is 0 Å². The average molecular weight is 381 g/mol. The Hall–Kier alpha value is -2.70. The van der Waals surface area contributed by atoms with Crippen LogP contribution in [0.25, 0.3) is 11.3 Å². The molecule has 0 unspecified atom stereocenters. The van der Waals surface area contributed by atoms with Crippen LogP contribution in [-0.4, -0.2) is 36.8 Å². The van der Waals surface area contributed by atoms with Crippen LogP contribution in [0.2, 0.25) is 0 Å². The molecule has 0 radical (unpaired) electrons. The summed E-state index contributed by atoms with van der Waals surface area (Å²) in [6, 6.07) is 16.2. The third-order valence-corrected chi connectivity index (χ3v) is 4.57. The van der Waals surface area contributed by atoms with Crippen molar-refractivity contribution in [1.82, 2.24) is 9.88 Å². The highest BCUT2D eigenvalue weighted by molar-refractivity contribution is 7.14. The van der Waals surface area contributed by atoms with E-state index >= 15 is 0 Å². The van der Waals surface area contributed by atoms with Crippen LogP contribution in [0.3, 0.4) is 0 Å². The van der Waals surface area contributed by atoms with Gasteiger partial charge < -0.3 is 9.64 Å². The van der Waals surface area contributed by atoms with E-state index in [-0.39, 0.29) is 0 Å². The van der Waals surface area contributed by atoms with Crippen molar-refractivity contribution >= 4 is 22.7 Å². The maximum atomic E-state index is 5.72. The number of aromatic nitrogens is 1. The first-order valence-electron chi connectivity index (χ1n) is 8.86. The lowest BCUT2D eigenvalue weighted by Gasteiger charge is -2.15. The molecule has 5 nitrogen and oxygen atoms in total.